The Labute approximate surface area is 125 Å². The molecule has 0 aliphatic heterocycles. The average Bonchev–Trinajstić information content (AvgIpc) is 2.40. The minimum atomic E-state index is -0.0121. The Balaban J connectivity index is 1.75. The Bertz CT molecular complexity index is 431. The first-order valence-corrected chi connectivity index (χ1v) is 7.87. The molecule has 0 saturated heterocycles. The molecule has 0 radical (unpaired) electrons. The summed E-state index contributed by atoms with van der Waals surface area (Å²) in [5.74, 6) is -0.0121. The Morgan fingerprint density at radius 1 is 1.30 bits per heavy atom. The number of nitrogens with two attached hydrogens (primary N) is 1. The van der Waals surface area contributed by atoms with Crippen molar-refractivity contribution < 1.29 is 10.1 Å². The highest BCUT2D eigenvalue weighted by Gasteiger charge is 2.16. The third kappa shape index (κ3) is 5.10. The second kappa shape index (κ2) is 8.22. The number of pyridine rings is 1. The van der Waals surface area contributed by atoms with Gasteiger partial charge in [0.1, 0.15) is 0 Å². The maximum absolute atomic E-state index is 11.9. The van der Waals surface area contributed by atoms with Crippen LogP contribution in [0, 0.1) is 0 Å². The fourth-order valence-corrected chi connectivity index (χ4v) is 2.84. The number of anilines is 1. The SMILES string of the molecule is O=C(C[NH2+]C1CCCCCCC1)Nc1cccnc1Cl. The van der Waals surface area contributed by atoms with Crippen molar-refractivity contribution in [2.24, 2.45) is 0 Å². The highest BCUT2D eigenvalue weighted by atomic mass is 35.5. The first-order valence-electron chi connectivity index (χ1n) is 7.49. The quantitative estimate of drug-likeness (QED) is 0.838. The molecule has 0 aromatic carbocycles. The van der Waals surface area contributed by atoms with Gasteiger partial charge >= 0.3 is 0 Å². The highest BCUT2D eigenvalue weighted by Crippen LogP contribution is 2.17. The van der Waals surface area contributed by atoms with Crippen LogP contribution in [0.4, 0.5) is 5.69 Å². The van der Waals surface area contributed by atoms with Crippen LogP contribution in [0.5, 0.6) is 0 Å². The summed E-state index contributed by atoms with van der Waals surface area (Å²) >= 11 is 5.92. The van der Waals surface area contributed by atoms with Crippen LogP contribution in [-0.2, 0) is 4.79 Å². The molecule has 1 fully saturated rings. The molecule has 1 amide bonds. The summed E-state index contributed by atoms with van der Waals surface area (Å²) in [6, 6.07) is 4.12. The molecule has 110 valence electrons. The van der Waals surface area contributed by atoms with Crippen LogP contribution in [0.1, 0.15) is 44.9 Å². The fourth-order valence-electron chi connectivity index (χ4n) is 2.68. The van der Waals surface area contributed by atoms with Crippen LogP contribution in [0.3, 0.4) is 0 Å². The largest absolute Gasteiger partial charge is 0.336 e. The van der Waals surface area contributed by atoms with Gasteiger partial charge in [0.15, 0.2) is 11.7 Å². The lowest BCUT2D eigenvalue weighted by Gasteiger charge is -2.18. The number of hydrogen-bond acceptors (Lipinski definition) is 2. The summed E-state index contributed by atoms with van der Waals surface area (Å²) in [4.78, 5) is 15.9. The van der Waals surface area contributed by atoms with E-state index in [2.05, 4.69) is 15.6 Å². The van der Waals surface area contributed by atoms with Crippen molar-refractivity contribution in [2.75, 3.05) is 11.9 Å². The summed E-state index contributed by atoms with van der Waals surface area (Å²) in [5, 5.41) is 5.32. The molecule has 0 unspecified atom stereocenters. The van der Waals surface area contributed by atoms with E-state index in [1.165, 1.54) is 44.9 Å². The van der Waals surface area contributed by atoms with E-state index in [-0.39, 0.29) is 5.91 Å². The van der Waals surface area contributed by atoms with E-state index in [1.807, 2.05) is 0 Å². The van der Waals surface area contributed by atoms with Gasteiger partial charge < -0.3 is 10.6 Å². The molecule has 1 saturated carbocycles. The standard InChI is InChI=1S/C15H22ClN3O/c16-15-13(9-6-10-17-15)19-14(20)11-18-12-7-4-2-1-3-5-8-12/h6,9-10,12,18H,1-5,7-8,11H2,(H,19,20)/p+1. The molecule has 3 N–H and O–H groups in total. The molecule has 1 aliphatic rings. The van der Waals surface area contributed by atoms with Gasteiger partial charge in [-0.25, -0.2) is 4.98 Å². The van der Waals surface area contributed by atoms with Gasteiger partial charge in [-0.05, 0) is 37.8 Å². The van der Waals surface area contributed by atoms with Crippen molar-refractivity contribution in [1.82, 2.24) is 4.98 Å². The summed E-state index contributed by atoms with van der Waals surface area (Å²) in [7, 11) is 0. The van der Waals surface area contributed by atoms with Gasteiger partial charge in [-0.2, -0.15) is 0 Å². The highest BCUT2D eigenvalue weighted by molar-refractivity contribution is 6.32. The van der Waals surface area contributed by atoms with Gasteiger partial charge in [-0.15, -0.1) is 0 Å². The minimum Gasteiger partial charge on any atom is -0.336 e. The lowest BCUT2D eigenvalue weighted by atomic mass is 9.97. The minimum absolute atomic E-state index is 0.0121. The second-order valence-electron chi connectivity index (χ2n) is 5.43. The molecule has 1 aromatic heterocycles. The number of amides is 1. The van der Waals surface area contributed by atoms with Crippen LogP contribution in [0.15, 0.2) is 18.3 Å². The number of carbonyl (C=O) groups is 1. The molecule has 0 bridgehead atoms. The molecule has 0 atom stereocenters. The van der Waals surface area contributed by atoms with Crippen molar-refractivity contribution in [3.05, 3.63) is 23.5 Å². The van der Waals surface area contributed by atoms with Crippen molar-refractivity contribution in [1.29, 1.82) is 0 Å². The zero-order chi connectivity index (χ0) is 14.2. The van der Waals surface area contributed by atoms with E-state index in [1.54, 1.807) is 18.3 Å². The number of rotatable bonds is 4. The van der Waals surface area contributed by atoms with Crippen LogP contribution in [0.2, 0.25) is 5.15 Å². The zero-order valence-electron chi connectivity index (χ0n) is 11.8. The van der Waals surface area contributed by atoms with Crippen LogP contribution in [0.25, 0.3) is 0 Å². The van der Waals surface area contributed by atoms with Crippen LogP contribution >= 0.6 is 11.6 Å². The van der Waals surface area contributed by atoms with Crippen LogP contribution in [-0.4, -0.2) is 23.5 Å². The number of nitrogens with zero attached hydrogens (tertiary/aromatic N) is 1. The second-order valence-corrected chi connectivity index (χ2v) is 5.79. The summed E-state index contributed by atoms with van der Waals surface area (Å²) < 4.78 is 0. The Morgan fingerprint density at radius 3 is 2.70 bits per heavy atom. The van der Waals surface area contributed by atoms with Gasteiger partial charge in [0.2, 0.25) is 0 Å². The maximum Gasteiger partial charge on any atom is 0.279 e. The summed E-state index contributed by atoms with van der Waals surface area (Å²) in [6.07, 6.45) is 10.7. The maximum atomic E-state index is 11.9. The molecule has 5 heteroatoms. The number of hydrogen-bond donors (Lipinski definition) is 2. The molecular weight excluding hydrogens is 274 g/mol. The van der Waals surface area contributed by atoms with Gasteiger partial charge in [0.05, 0.1) is 11.7 Å². The molecule has 0 spiro atoms. The topological polar surface area (TPSA) is 58.6 Å². The van der Waals surface area contributed by atoms with Gasteiger partial charge in [-0.1, -0.05) is 30.9 Å². The number of nitrogens with one attached hydrogen (secondary N) is 1. The number of aromatic nitrogens is 1. The molecule has 4 nitrogen and oxygen atoms in total. The zero-order valence-corrected chi connectivity index (χ0v) is 12.5. The van der Waals surface area contributed by atoms with E-state index in [9.17, 15) is 4.79 Å². The third-order valence-electron chi connectivity index (χ3n) is 3.82. The first-order chi connectivity index (χ1) is 9.75. The number of halogens is 1. The van der Waals surface area contributed by atoms with Crippen molar-refractivity contribution in [2.45, 2.75) is 51.0 Å². The predicted molar refractivity (Wildman–Crippen MR) is 80.8 cm³/mol. The van der Waals surface area contributed by atoms with E-state index in [0.717, 1.165) is 0 Å². The lowest BCUT2D eigenvalue weighted by Crippen LogP contribution is -2.91. The smallest absolute Gasteiger partial charge is 0.279 e. The number of quaternary nitrogens is 1. The van der Waals surface area contributed by atoms with Gasteiger partial charge in [-0.3, -0.25) is 4.79 Å². The molecule has 1 heterocycles. The van der Waals surface area contributed by atoms with E-state index < -0.39 is 0 Å². The molecule has 1 aliphatic carbocycles. The third-order valence-corrected chi connectivity index (χ3v) is 4.12. The van der Waals surface area contributed by atoms with Crippen molar-refractivity contribution in [3.63, 3.8) is 0 Å². The average molecular weight is 297 g/mol. The number of carbonyl (C=O) groups excluding carboxylic acids is 1. The van der Waals surface area contributed by atoms with Gasteiger partial charge in [0, 0.05) is 6.20 Å². The van der Waals surface area contributed by atoms with E-state index >= 15 is 0 Å². The van der Waals surface area contributed by atoms with E-state index in [0.29, 0.717) is 23.4 Å². The van der Waals surface area contributed by atoms with Gasteiger partial charge in [0.25, 0.3) is 5.91 Å². The molecular formula is C15H23ClN3O+. The molecule has 2 rings (SSSR count). The molecule has 20 heavy (non-hydrogen) atoms. The summed E-state index contributed by atoms with van der Waals surface area (Å²) in [6.45, 7) is 0.454. The normalized spacial score (nSPS) is 17.2. The van der Waals surface area contributed by atoms with Crippen molar-refractivity contribution >= 4 is 23.2 Å². The summed E-state index contributed by atoms with van der Waals surface area (Å²) in [5.41, 5.74) is 0.588. The van der Waals surface area contributed by atoms with E-state index in [4.69, 9.17) is 11.6 Å². The first kappa shape index (κ1) is 15.3. The Hall–Kier alpha value is -1.13. The molecule has 1 aromatic rings. The lowest BCUT2D eigenvalue weighted by molar-refractivity contribution is -0.680. The van der Waals surface area contributed by atoms with Crippen LogP contribution < -0.4 is 10.6 Å². The Kier molecular flexibility index (Phi) is 6.27. The Morgan fingerprint density at radius 2 is 2.00 bits per heavy atom. The fraction of sp³-hybridized carbons (Fsp3) is 0.600. The predicted octanol–water partition coefficient (Wildman–Crippen LogP) is 2.35. The monoisotopic (exact) mass is 296 g/mol. The van der Waals surface area contributed by atoms with Crippen molar-refractivity contribution in [3.8, 4) is 0 Å².